The molecule has 0 N–H and O–H groups in total. The first-order chi connectivity index (χ1) is 13.6. The quantitative estimate of drug-likeness (QED) is 0.548. The summed E-state index contributed by atoms with van der Waals surface area (Å²) >= 11 is 0. The third kappa shape index (κ3) is 2.65. The van der Waals surface area contributed by atoms with E-state index in [1.807, 2.05) is 48.1 Å². The van der Waals surface area contributed by atoms with Gasteiger partial charge in [-0.2, -0.15) is 5.10 Å². The van der Waals surface area contributed by atoms with Gasteiger partial charge < -0.3 is 4.90 Å². The summed E-state index contributed by atoms with van der Waals surface area (Å²) in [6.45, 7) is 0.684. The van der Waals surface area contributed by atoms with Crippen LogP contribution < -0.4 is 0 Å². The molecule has 2 aromatic carbocycles. The van der Waals surface area contributed by atoms with E-state index in [0.717, 1.165) is 27.6 Å². The van der Waals surface area contributed by atoms with Gasteiger partial charge in [-0.05, 0) is 35.4 Å². The number of amides is 1. The number of nitrogens with zero attached hydrogens (tertiary/aromatic N) is 4. The zero-order valence-corrected chi connectivity index (χ0v) is 15.3. The average Bonchev–Trinajstić information content (AvgIpc) is 3.23. The molecule has 1 aliphatic heterocycles. The molecule has 6 heteroatoms. The molecule has 0 fully saturated rings. The highest BCUT2D eigenvalue weighted by molar-refractivity contribution is 5.96. The maximum atomic E-state index is 14.8. The van der Waals surface area contributed by atoms with E-state index in [1.165, 1.54) is 6.07 Å². The number of pyridine rings is 1. The molecule has 0 atom stereocenters. The number of fused-ring (bicyclic) bond motifs is 2. The van der Waals surface area contributed by atoms with Crippen LogP contribution in [0.15, 0.2) is 60.9 Å². The van der Waals surface area contributed by atoms with Gasteiger partial charge in [-0.1, -0.05) is 24.3 Å². The molecule has 1 aliphatic rings. The first-order valence-corrected chi connectivity index (χ1v) is 9.04. The van der Waals surface area contributed by atoms with Gasteiger partial charge in [0.25, 0.3) is 5.91 Å². The van der Waals surface area contributed by atoms with Gasteiger partial charge in [-0.3, -0.25) is 14.5 Å². The van der Waals surface area contributed by atoms with Crippen molar-refractivity contribution >= 4 is 16.8 Å². The Morgan fingerprint density at radius 2 is 1.93 bits per heavy atom. The Morgan fingerprint density at radius 1 is 1.11 bits per heavy atom. The van der Waals surface area contributed by atoms with E-state index in [2.05, 4.69) is 10.1 Å². The SMILES string of the molecule is Cn1ncc2cc(-c3ccc(CN4Cc5cccnc5C4=O)c(F)c3)ccc21. The minimum atomic E-state index is -0.319. The molecule has 3 heterocycles. The molecule has 0 spiro atoms. The summed E-state index contributed by atoms with van der Waals surface area (Å²) in [4.78, 5) is 18.2. The second kappa shape index (κ2) is 6.27. The number of halogens is 1. The lowest BCUT2D eigenvalue weighted by atomic mass is 10.0. The van der Waals surface area contributed by atoms with E-state index in [0.29, 0.717) is 17.8 Å². The van der Waals surface area contributed by atoms with Gasteiger partial charge in [0, 0.05) is 42.8 Å². The fraction of sp³-hybridized carbons (Fsp3) is 0.136. The maximum absolute atomic E-state index is 14.8. The van der Waals surface area contributed by atoms with Crippen LogP contribution >= 0.6 is 0 Å². The van der Waals surface area contributed by atoms with Crippen molar-refractivity contribution in [3.8, 4) is 11.1 Å². The fourth-order valence-corrected chi connectivity index (χ4v) is 3.72. The molecular weight excluding hydrogens is 355 g/mol. The molecule has 0 unspecified atom stereocenters. The van der Waals surface area contributed by atoms with Crippen molar-refractivity contribution in [2.75, 3.05) is 0 Å². The molecule has 28 heavy (non-hydrogen) atoms. The maximum Gasteiger partial charge on any atom is 0.273 e. The summed E-state index contributed by atoms with van der Waals surface area (Å²) in [6, 6.07) is 14.8. The molecule has 0 saturated heterocycles. The zero-order chi connectivity index (χ0) is 19.3. The summed E-state index contributed by atoms with van der Waals surface area (Å²) < 4.78 is 16.6. The van der Waals surface area contributed by atoms with Gasteiger partial charge in [0.05, 0.1) is 11.7 Å². The van der Waals surface area contributed by atoms with Crippen LogP contribution in [0.3, 0.4) is 0 Å². The molecule has 5 rings (SSSR count). The van der Waals surface area contributed by atoms with Crippen LogP contribution in [0, 0.1) is 5.82 Å². The number of carbonyl (C=O) groups is 1. The van der Waals surface area contributed by atoms with Gasteiger partial charge in [-0.15, -0.1) is 0 Å². The van der Waals surface area contributed by atoms with Crippen LogP contribution in [-0.2, 0) is 20.1 Å². The molecule has 0 saturated carbocycles. The van der Waals surface area contributed by atoms with Crippen LogP contribution in [0.2, 0.25) is 0 Å². The highest BCUT2D eigenvalue weighted by atomic mass is 19.1. The normalized spacial score (nSPS) is 13.4. The molecule has 0 radical (unpaired) electrons. The Balaban J connectivity index is 1.41. The molecule has 0 aliphatic carbocycles. The van der Waals surface area contributed by atoms with Crippen molar-refractivity contribution in [2.45, 2.75) is 13.1 Å². The average molecular weight is 372 g/mol. The predicted molar refractivity (Wildman–Crippen MR) is 104 cm³/mol. The smallest absolute Gasteiger partial charge is 0.273 e. The number of hydrogen-bond acceptors (Lipinski definition) is 3. The van der Waals surface area contributed by atoms with E-state index in [9.17, 15) is 9.18 Å². The van der Waals surface area contributed by atoms with Crippen LogP contribution in [0.4, 0.5) is 4.39 Å². The van der Waals surface area contributed by atoms with Gasteiger partial charge >= 0.3 is 0 Å². The second-order valence-corrected chi connectivity index (χ2v) is 7.02. The molecule has 1 amide bonds. The lowest BCUT2D eigenvalue weighted by Crippen LogP contribution is -2.24. The van der Waals surface area contributed by atoms with Crippen molar-refractivity contribution in [3.63, 3.8) is 0 Å². The number of hydrogen-bond donors (Lipinski definition) is 0. The highest BCUT2D eigenvalue weighted by Crippen LogP contribution is 2.28. The third-order valence-electron chi connectivity index (χ3n) is 5.24. The van der Waals surface area contributed by atoms with Gasteiger partial charge in [0.1, 0.15) is 11.5 Å². The van der Waals surface area contributed by atoms with E-state index < -0.39 is 0 Å². The first kappa shape index (κ1) is 16.6. The summed E-state index contributed by atoms with van der Waals surface area (Å²) in [7, 11) is 1.89. The Kier molecular flexibility index (Phi) is 3.72. The van der Waals surface area contributed by atoms with Crippen molar-refractivity contribution in [3.05, 3.63) is 83.6 Å². The van der Waals surface area contributed by atoms with E-state index >= 15 is 0 Å². The summed E-state index contributed by atoms with van der Waals surface area (Å²) in [5.74, 6) is -0.471. The van der Waals surface area contributed by atoms with Crippen molar-refractivity contribution < 1.29 is 9.18 Å². The van der Waals surface area contributed by atoms with Gasteiger partial charge in [0.2, 0.25) is 0 Å². The van der Waals surface area contributed by atoms with Crippen LogP contribution in [0.1, 0.15) is 21.6 Å². The van der Waals surface area contributed by atoms with Crippen LogP contribution in [0.5, 0.6) is 0 Å². The number of rotatable bonds is 3. The molecule has 0 bridgehead atoms. The molecular formula is C22H17FN4O. The Hall–Kier alpha value is -3.54. The van der Waals surface area contributed by atoms with Crippen molar-refractivity contribution in [2.24, 2.45) is 7.05 Å². The Labute approximate surface area is 161 Å². The summed E-state index contributed by atoms with van der Waals surface area (Å²) in [5, 5.41) is 5.26. The van der Waals surface area contributed by atoms with Crippen LogP contribution in [0.25, 0.3) is 22.0 Å². The predicted octanol–water partition coefficient (Wildman–Crippen LogP) is 3.93. The Bertz CT molecular complexity index is 1230. The number of benzene rings is 2. The largest absolute Gasteiger partial charge is 0.328 e. The fourth-order valence-electron chi connectivity index (χ4n) is 3.72. The Morgan fingerprint density at radius 3 is 2.75 bits per heavy atom. The highest BCUT2D eigenvalue weighted by Gasteiger charge is 2.28. The third-order valence-corrected chi connectivity index (χ3v) is 5.24. The molecule has 138 valence electrons. The second-order valence-electron chi connectivity index (χ2n) is 7.02. The van der Waals surface area contributed by atoms with Gasteiger partial charge in [-0.25, -0.2) is 4.39 Å². The van der Waals surface area contributed by atoms with Gasteiger partial charge in [0.15, 0.2) is 0 Å². The number of carbonyl (C=O) groups excluding carboxylic acids is 1. The molecule has 4 aromatic rings. The number of aryl methyl sites for hydroxylation is 1. The van der Waals surface area contributed by atoms with Crippen LogP contribution in [-0.4, -0.2) is 25.6 Å². The lowest BCUT2D eigenvalue weighted by molar-refractivity contribution is 0.0761. The zero-order valence-electron chi connectivity index (χ0n) is 15.3. The standard InChI is InChI=1S/C22H17FN4O/c1-26-20-7-6-14(9-18(20)11-25-26)15-4-5-16(19(23)10-15)12-27-13-17-3-2-8-24-21(17)22(27)28/h2-11H,12-13H2,1H3. The molecule has 5 nitrogen and oxygen atoms in total. The van der Waals surface area contributed by atoms with E-state index in [-0.39, 0.29) is 18.3 Å². The minimum absolute atomic E-state index is 0.152. The van der Waals surface area contributed by atoms with E-state index in [4.69, 9.17) is 0 Å². The summed E-state index contributed by atoms with van der Waals surface area (Å²) in [6.07, 6.45) is 3.41. The number of aromatic nitrogens is 3. The van der Waals surface area contributed by atoms with Crippen molar-refractivity contribution in [1.82, 2.24) is 19.7 Å². The minimum Gasteiger partial charge on any atom is -0.328 e. The first-order valence-electron chi connectivity index (χ1n) is 9.04. The lowest BCUT2D eigenvalue weighted by Gasteiger charge is -2.16. The summed E-state index contributed by atoms with van der Waals surface area (Å²) in [5.41, 5.74) is 4.59. The van der Waals surface area contributed by atoms with Crippen molar-refractivity contribution in [1.29, 1.82) is 0 Å². The topological polar surface area (TPSA) is 51.0 Å². The molecule has 2 aromatic heterocycles. The van der Waals surface area contributed by atoms with E-state index in [1.54, 1.807) is 23.4 Å². The monoisotopic (exact) mass is 372 g/mol.